The van der Waals surface area contributed by atoms with Gasteiger partial charge in [-0.1, -0.05) is 60.1 Å². The van der Waals surface area contributed by atoms with Crippen LogP contribution in [0.1, 0.15) is 21.3 Å². The highest BCUT2D eigenvalue weighted by Crippen LogP contribution is 2.35. The minimum Gasteiger partial charge on any atom is -0.379 e. The predicted molar refractivity (Wildman–Crippen MR) is 111 cm³/mol. The van der Waals surface area contributed by atoms with Gasteiger partial charge in [0.15, 0.2) is 0 Å². The van der Waals surface area contributed by atoms with Crippen molar-refractivity contribution < 1.29 is 9.53 Å². The summed E-state index contributed by atoms with van der Waals surface area (Å²) in [5.41, 5.74) is 1.09. The van der Waals surface area contributed by atoms with E-state index in [1.807, 2.05) is 42.5 Å². The summed E-state index contributed by atoms with van der Waals surface area (Å²) >= 11 is 7.93. The largest absolute Gasteiger partial charge is 0.379 e. The molecule has 1 amide bonds. The first-order chi connectivity index (χ1) is 13.2. The lowest BCUT2D eigenvalue weighted by Crippen LogP contribution is -2.43. The maximum Gasteiger partial charge on any atom is 0.263 e. The van der Waals surface area contributed by atoms with Crippen LogP contribution in [0.2, 0.25) is 5.02 Å². The van der Waals surface area contributed by atoms with Crippen LogP contribution in [0.15, 0.2) is 54.6 Å². The topological polar surface area (TPSA) is 41.6 Å². The predicted octanol–water partition coefficient (Wildman–Crippen LogP) is 4.36. The molecule has 1 saturated heterocycles. The number of halogens is 1. The molecular formula is C21H21ClN2O2S. The molecule has 1 fully saturated rings. The fourth-order valence-corrected chi connectivity index (χ4v) is 4.77. The van der Waals surface area contributed by atoms with E-state index in [0.29, 0.717) is 9.90 Å². The van der Waals surface area contributed by atoms with Gasteiger partial charge >= 0.3 is 0 Å². The van der Waals surface area contributed by atoms with Gasteiger partial charge in [0.2, 0.25) is 0 Å². The number of ether oxygens (including phenoxy) is 1. The molecule has 1 aliphatic heterocycles. The van der Waals surface area contributed by atoms with Crippen molar-refractivity contribution >= 4 is 38.9 Å². The van der Waals surface area contributed by atoms with Gasteiger partial charge in [-0.15, -0.1) is 11.3 Å². The first-order valence-corrected chi connectivity index (χ1v) is 10.2. The zero-order valence-electron chi connectivity index (χ0n) is 14.9. The quantitative estimate of drug-likeness (QED) is 0.691. The Balaban J connectivity index is 1.58. The van der Waals surface area contributed by atoms with Crippen LogP contribution >= 0.6 is 22.9 Å². The Hall–Kier alpha value is -1.92. The van der Waals surface area contributed by atoms with E-state index < -0.39 is 0 Å². The Morgan fingerprint density at radius 1 is 1.11 bits per heavy atom. The normalized spacial score (nSPS) is 16.3. The molecule has 1 unspecified atom stereocenters. The third-order valence-corrected chi connectivity index (χ3v) is 6.47. The Labute approximate surface area is 167 Å². The van der Waals surface area contributed by atoms with Gasteiger partial charge in [0, 0.05) is 29.7 Å². The van der Waals surface area contributed by atoms with Crippen LogP contribution in [0.5, 0.6) is 0 Å². The highest BCUT2D eigenvalue weighted by Gasteiger charge is 2.23. The van der Waals surface area contributed by atoms with Crippen molar-refractivity contribution in [3.63, 3.8) is 0 Å². The zero-order chi connectivity index (χ0) is 18.6. The monoisotopic (exact) mass is 400 g/mol. The first kappa shape index (κ1) is 18.4. The molecule has 0 radical (unpaired) electrons. The molecular weight excluding hydrogens is 380 g/mol. The van der Waals surface area contributed by atoms with Crippen LogP contribution in [-0.2, 0) is 4.74 Å². The summed E-state index contributed by atoms with van der Waals surface area (Å²) < 4.78 is 6.47. The second-order valence-corrected chi connectivity index (χ2v) is 8.02. The average Bonchev–Trinajstić information content (AvgIpc) is 3.06. The standard InChI is InChI=1S/C21H21ClN2O2S/c22-19-16-8-4-5-9-18(16)27-20(19)21(25)23-17(15-6-2-1-3-7-15)14-24-10-12-26-13-11-24/h1-9,17H,10-14H2,(H,23,25). The molecule has 3 aromatic rings. The van der Waals surface area contributed by atoms with Crippen LogP contribution < -0.4 is 5.32 Å². The molecule has 1 aromatic heterocycles. The first-order valence-electron chi connectivity index (χ1n) is 9.05. The van der Waals surface area contributed by atoms with E-state index in [2.05, 4.69) is 22.3 Å². The number of nitrogens with one attached hydrogen (secondary N) is 1. The van der Waals surface area contributed by atoms with E-state index in [-0.39, 0.29) is 11.9 Å². The highest BCUT2D eigenvalue weighted by atomic mass is 35.5. The highest BCUT2D eigenvalue weighted by molar-refractivity contribution is 7.21. The van der Waals surface area contributed by atoms with E-state index >= 15 is 0 Å². The summed E-state index contributed by atoms with van der Waals surface area (Å²) in [5, 5.41) is 4.67. The van der Waals surface area contributed by atoms with Gasteiger partial charge in [-0.05, 0) is 11.6 Å². The number of hydrogen-bond acceptors (Lipinski definition) is 4. The fourth-order valence-electron chi connectivity index (χ4n) is 3.35. The maximum absolute atomic E-state index is 13.0. The summed E-state index contributed by atoms with van der Waals surface area (Å²) in [6, 6.07) is 17.8. The molecule has 27 heavy (non-hydrogen) atoms. The van der Waals surface area contributed by atoms with E-state index in [9.17, 15) is 4.79 Å². The van der Waals surface area contributed by atoms with Gasteiger partial charge in [-0.3, -0.25) is 9.69 Å². The van der Waals surface area contributed by atoms with Crippen molar-refractivity contribution in [3.8, 4) is 0 Å². The summed E-state index contributed by atoms with van der Waals surface area (Å²) in [6.45, 7) is 3.97. The van der Waals surface area contributed by atoms with Crippen LogP contribution in [-0.4, -0.2) is 43.7 Å². The molecule has 0 aliphatic carbocycles. The molecule has 0 bridgehead atoms. The SMILES string of the molecule is O=C(NC(CN1CCOCC1)c1ccccc1)c1sc2ccccc2c1Cl. The number of hydrogen-bond donors (Lipinski definition) is 1. The average molecular weight is 401 g/mol. The van der Waals surface area contributed by atoms with Crippen LogP contribution in [0, 0.1) is 0 Å². The minimum absolute atomic E-state index is 0.0990. The molecule has 1 N–H and O–H groups in total. The van der Waals surface area contributed by atoms with Crippen molar-refractivity contribution in [2.45, 2.75) is 6.04 Å². The van der Waals surface area contributed by atoms with Gasteiger partial charge in [-0.25, -0.2) is 0 Å². The van der Waals surface area contributed by atoms with Crippen molar-refractivity contribution in [2.75, 3.05) is 32.8 Å². The molecule has 0 spiro atoms. The summed E-state index contributed by atoms with van der Waals surface area (Å²) in [4.78, 5) is 15.9. The van der Waals surface area contributed by atoms with Gasteiger partial charge in [0.1, 0.15) is 4.88 Å². The molecule has 1 atom stereocenters. The Bertz CT molecular complexity index is 922. The van der Waals surface area contributed by atoms with E-state index in [1.54, 1.807) is 0 Å². The molecule has 0 saturated carbocycles. The van der Waals surface area contributed by atoms with Crippen molar-refractivity contribution in [1.82, 2.24) is 10.2 Å². The van der Waals surface area contributed by atoms with Gasteiger partial charge in [0.05, 0.1) is 24.3 Å². The summed E-state index contributed by atoms with van der Waals surface area (Å²) in [6.07, 6.45) is 0. The number of fused-ring (bicyclic) bond motifs is 1. The number of benzene rings is 2. The van der Waals surface area contributed by atoms with Crippen molar-refractivity contribution in [3.05, 3.63) is 70.1 Å². The minimum atomic E-state index is -0.122. The lowest BCUT2D eigenvalue weighted by Gasteiger charge is -2.31. The third-order valence-electron chi connectivity index (χ3n) is 4.79. The lowest BCUT2D eigenvalue weighted by molar-refractivity contribution is 0.0332. The molecule has 4 rings (SSSR count). The summed E-state index contributed by atoms with van der Waals surface area (Å²) in [5.74, 6) is -0.122. The maximum atomic E-state index is 13.0. The fraction of sp³-hybridized carbons (Fsp3) is 0.286. The number of rotatable bonds is 5. The molecule has 6 heteroatoms. The van der Waals surface area contributed by atoms with Crippen molar-refractivity contribution in [1.29, 1.82) is 0 Å². The molecule has 2 aromatic carbocycles. The van der Waals surface area contributed by atoms with Gasteiger partial charge in [0.25, 0.3) is 5.91 Å². The molecule has 1 aliphatic rings. The van der Waals surface area contributed by atoms with E-state index in [0.717, 1.165) is 48.5 Å². The number of carbonyl (C=O) groups excluding carboxylic acids is 1. The third kappa shape index (κ3) is 4.17. The number of amides is 1. The molecule has 140 valence electrons. The van der Waals surface area contributed by atoms with Crippen molar-refractivity contribution in [2.24, 2.45) is 0 Å². The van der Waals surface area contributed by atoms with Gasteiger partial charge < -0.3 is 10.1 Å². The molecule has 2 heterocycles. The van der Waals surface area contributed by atoms with Crippen LogP contribution in [0.3, 0.4) is 0 Å². The number of morpholine rings is 1. The van der Waals surface area contributed by atoms with Crippen LogP contribution in [0.25, 0.3) is 10.1 Å². The van der Waals surface area contributed by atoms with E-state index in [1.165, 1.54) is 11.3 Å². The number of nitrogens with zero attached hydrogens (tertiary/aromatic N) is 1. The number of thiophene rings is 1. The summed E-state index contributed by atoms with van der Waals surface area (Å²) in [7, 11) is 0. The second-order valence-electron chi connectivity index (χ2n) is 6.59. The Morgan fingerprint density at radius 3 is 2.56 bits per heavy atom. The van der Waals surface area contributed by atoms with Crippen LogP contribution in [0.4, 0.5) is 0 Å². The lowest BCUT2D eigenvalue weighted by atomic mass is 10.1. The smallest absolute Gasteiger partial charge is 0.263 e. The van der Waals surface area contributed by atoms with E-state index in [4.69, 9.17) is 16.3 Å². The zero-order valence-corrected chi connectivity index (χ0v) is 16.4. The number of carbonyl (C=O) groups is 1. The Morgan fingerprint density at radius 2 is 1.81 bits per heavy atom. The second kappa shape index (κ2) is 8.40. The molecule has 4 nitrogen and oxygen atoms in total. The Kier molecular flexibility index (Phi) is 5.74. The van der Waals surface area contributed by atoms with Gasteiger partial charge in [-0.2, -0.15) is 0 Å².